The third-order valence-electron chi connectivity index (χ3n) is 4.44. The Morgan fingerprint density at radius 3 is 2.23 bits per heavy atom. The van der Waals surface area contributed by atoms with Crippen molar-refractivity contribution >= 4 is 27.3 Å². The van der Waals surface area contributed by atoms with Crippen LogP contribution in [0.5, 0.6) is 11.5 Å². The van der Waals surface area contributed by atoms with Gasteiger partial charge in [-0.25, -0.2) is 8.42 Å². The molecule has 1 atom stereocenters. The summed E-state index contributed by atoms with van der Waals surface area (Å²) in [5.41, 5.74) is 1.89. The summed E-state index contributed by atoms with van der Waals surface area (Å²) in [6.07, 6.45) is -0.789. The van der Waals surface area contributed by atoms with Crippen LogP contribution in [0, 0.1) is 6.92 Å². The Morgan fingerprint density at radius 2 is 1.58 bits per heavy atom. The second-order valence-corrected chi connectivity index (χ2v) is 8.58. The van der Waals surface area contributed by atoms with E-state index in [1.54, 1.807) is 49.4 Å². The number of ether oxygens (including phenoxy) is 2. The Kier molecular flexibility index (Phi) is 6.81. The number of carbonyl (C=O) groups is 1. The molecule has 0 spiro atoms. The van der Waals surface area contributed by atoms with Gasteiger partial charge in [-0.1, -0.05) is 24.3 Å². The van der Waals surface area contributed by atoms with Crippen molar-refractivity contribution in [3.8, 4) is 11.5 Å². The van der Waals surface area contributed by atoms with Gasteiger partial charge in [-0.15, -0.1) is 0 Å². The van der Waals surface area contributed by atoms with Gasteiger partial charge in [0.05, 0.1) is 12.0 Å². The van der Waals surface area contributed by atoms with Gasteiger partial charge in [-0.05, 0) is 67.9 Å². The molecule has 0 aliphatic carbocycles. The zero-order valence-electron chi connectivity index (χ0n) is 17.5. The van der Waals surface area contributed by atoms with Crippen LogP contribution in [0.25, 0.3) is 0 Å². The lowest BCUT2D eigenvalue weighted by Gasteiger charge is -2.16. The standard InChI is InChI=1S/C23H24N2O5S/c1-16-7-6-8-19(15-16)25-31(27,28)20-13-11-18(12-14-20)24-23(26)17(2)30-22-10-5-4-9-21(22)29-3/h4-15,17,25H,1-3H3,(H,24,26)/t17-/m0/s1. The van der Waals surface area contributed by atoms with Crippen molar-refractivity contribution in [3.63, 3.8) is 0 Å². The highest BCUT2D eigenvalue weighted by Crippen LogP contribution is 2.27. The van der Waals surface area contributed by atoms with E-state index in [2.05, 4.69) is 10.0 Å². The Balaban J connectivity index is 1.65. The molecule has 8 heteroatoms. The molecule has 1 amide bonds. The first-order valence-corrected chi connectivity index (χ1v) is 11.1. The Bertz CT molecular complexity index is 1160. The summed E-state index contributed by atoms with van der Waals surface area (Å²) in [4.78, 5) is 12.6. The number of benzene rings is 3. The Hall–Kier alpha value is -3.52. The molecule has 3 aromatic carbocycles. The molecule has 0 aliphatic heterocycles. The molecule has 31 heavy (non-hydrogen) atoms. The summed E-state index contributed by atoms with van der Waals surface area (Å²) < 4.78 is 38.6. The number of amides is 1. The quantitative estimate of drug-likeness (QED) is 0.547. The number of rotatable bonds is 8. The minimum atomic E-state index is -3.74. The van der Waals surface area contributed by atoms with E-state index in [9.17, 15) is 13.2 Å². The zero-order chi connectivity index (χ0) is 22.4. The van der Waals surface area contributed by atoms with E-state index in [1.165, 1.54) is 31.4 Å². The van der Waals surface area contributed by atoms with E-state index in [4.69, 9.17) is 9.47 Å². The summed E-state index contributed by atoms with van der Waals surface area (Å²) in [6.45, 7) is 3.50. The van der Waals surface area contributed by atoms with Gasteiger partial charge in [0.15, 0.2) is 17.6 Å². The van der Waals surface area contributed by atoms with Crippen LogP contribution in [-0.4, -0.2) is 27.5 Å². The van der Waals surface area contributed by atoms with Crippen LogP contribution in [0.1, 0.15) is 12.5 Å². The van der Waals surface area contributed by atoms with Crippen LogP contribution in [0.15, 0.2) is 77.7 Å². The normalized spacial score (nSPS) is 12.0. The van der Waals surface area contributed by atoms with Crippen LogP contribution < -0.4 is 19.5 Å². The maximum absolute atomic E-state index is 12.6. The summed E-state index contributed by atoms with van der Waals surface area (Å²) in [5, 5.41) is 2.72. The molecule has 0 unspecified atom stereocenters. The fraction of sp³-hybridized carbons (Fsp3) is 0.174. The second kappa shape index (κ2) is 9.53. The fourth-order valence-electron chi connectivity index (χ4n) is 2.84. The predicted octanol–water partition coefficient (Wildman–Crippen LogP) is 4.21. The topological polar surface area (TPSA) is 93.7 Å². The van der Waals surface area contributed by atoms with Gasteiger partial charge in [-0.2, -0.15) is 0 Å². The number of carbonyl (C=O) groups excluding carboxylic acids is 1. The fourth-order valence-corrected chi connectivity index (χ4v) is 3.89. The average Bonchev–Trinajstić information content (AvgIpc) is 2.74. The molecule has 0 saturated carbocycles. The van der Waals surface area contributed by atoms with Gasteiger partial charge in [-0.3, -0.25) is 9.52 Å². The third kappa shape index (κ3) is 5.76. The predicted molar refractivity (Wildman–Crippen MR) is 120 cm³/mol. The number of methoxy groups -OCH3 is 1. The van der Waals surface area contributed by atoms with Gasteiger partial charge in [0.1, 0.15) is 0 Å². The van der Waals surface area contributed by atoms with Crippen molar-refractivity contribution in [1.29, 1.82) is 0 Å². The molecule has 7 nitrogen and oxygen atoms in total. The molecule has 0 bridgehead atoms. The van der Waals surface area contributed by atoms with Gasteiger partial charge in [0.25, 0.3) is 15.9 Å². The molecular weight excluding hydrogens is 416 g/mol. The first kappa shape index (κ1) is 22.2. The summed E-state index contributed by atoms with van der Waals surface area (Å²) in [5.74, 6) is 0.605. The van der Waals surface area contributed by atoms with Crippen LogP contribution in [0.2, 0.25) is 0 Å². The van der Waals surface area contributed by atoms with Crippen molar-refractivity contribution in [3.05, 3.63) is 78.4 Å². The highest BCUT2D eigenvalue weighted by molar-refractivity contribution is 7.92. The first-order chi connectivity index (χ1) is 14.8. The number of sulfonamides is 1. The number of aryl methyl sites for hydroxylation is 1. The Morgan fingerprint density at radius 1 is 0.903 bits per heavy atom. The van der Waals surface area contributed by atoms with E-state index in [1.807, 2.05) is 13.0 Å². The lowest BCUT2D eigenvalue weighted by molar-refractivity contribution is -0.122. The molecule has 0 heterocycles. The van der Waals surface area contributed by atoms with E-state index >= 15 is 0 Å². The molecule has 162 valence electrons. The molecule has 0 fully saturated rings. The molecule has 3 rings (SSSR count). The van der Waals surface area contributed by atoms with E-state index in [0.717, 1.165) is 5.56 Å². The molecular formula is C23H24N2O5S. The Labute approximate surface area is 182 Å². The highest BCUT2D eigenvalue weighted by Gasteiger charge is 2.18. The van der Waals surface area contributed by atoms with Crippen molar-refractivity contribution < 1.29 is 22.7 Å². The van der Waals surface area contributed by atoms with Gasteiger partial charge >= 0.3 is 0 Å². The molecule has 2 N–H and O–H groups in total. The molecule has 0 saturated heterocycles. The minimum Gasteiger partial charge on any atom is -0.493 e. The SMILES string of the molecule is COc1ccccc1O[C@@H](C)C(=O)Nc1ccc(S(=O)(=O)Nc2cccc(C)c2)cc1. The number of anilines is 2. The molecule has 0 radical (unpaired) electrons. The molecule has 0 aromatic heterocycles. The number of para-hydroxylation sites is 2. The minimum absolute atomic E-state index is 0.0883. The first-order valence-electron chi connectivity index (χ1n) is 9.58. The van der Waals surface area contributed by atoms with Crippen LogP contribution in [0.3, 0.4) is 0 Å². The zero-order valence-corrected chi connectivity index (χ0v) is 18.3. The summed E-state index contributed by atoms with van der Waals surface area (Å²) in [6, 6.07) is 20.0. The maximum atomic E-state index is 12.6. The van der Waals surface area contributed by atoms with E-state index in [0.29, 0.717) is 22.9 Å². The van der Waals surface area contributed by atoms with Crippen molar-refractivity contribution in [2.45, 2.75) is 24.8 Å². The summed E-state index contributed by atoms with van der Waals surface area (Å²) >= 11 is 0. The lowest BCUT2D eigenvalue weighted by Crippen LogP contribution is -2.30. The number of hydrogen-bond donors (Lipinski definition) is 2. The number of hydrogen-bond acceptors (Lipinski definition) is 5. The van der Waals surface area contributed by atoms with Crippen molar-refractivity contribution in [1.82, 2.24) is 0 Å². The largest absolute Gasteiger partial charge is 0.493 e. The molecule has 3 aromatic rings. The highest BCUT2D eigenvalue weighted by atomic mass is 32.2. The molecule has 0 aliphatic rings. The van der Waals surface area contributed by atoms with Gasteiger partial charge in [0.2, 0.25) is 0 Å². The van der Waals surface area contributed by atoms with Crippen molar-refractivity contribution in [2.75, 3.05) is 17.1 Å². The lowest BCUT2D eigenvalue weighted by atomic mass is 10.2. The monoisotopic (exact) mass is 440 g/mol. The number of nitrogens with one attached hydrogen (secondary N) is 2. The maximum Gasteiger partial charge on any atom is 0.265 e. The average molecular weight is 441 g/mol. The van der Waals surface area contributed by atoms with E-state index < -0.39 is 16.1 Å². The van der Waals surface area contributed by atoms with Crippen LogP contribution >= 0.6 is 0 Å². The van der Waals surface area contributed by atoms with Crippen LogP contribution in [-0.2, 0) is 14.8 Å². The van der Waals surface area contributed by atoms with Crippen molar-refractivity contribution in [2.24, 2.45) is 0 Å². The smallest absolute Gasteiger partial charge is 0.265 e. The van der Waals surface area contributed by atoms with Gasteiger partial charge < -0.3 is 14.8 Å². The summed E-state index contributed by atoms with van der Waals surface area (Å²) in [7, 11) is -2.22. The van der Waals surface area contributed by atoms with Crippen LogP contribution in [0.4, 0.5) is 11.4 Å². The second-order valence-electron chi connectivity index (χ2n) is 6.90. The third-order valence-corrected chi connectivity index (χ3v) is 5.84. The van der Waals surface area contributed by atoms with E-state index in [-0.39, 0.29) is 10.8 Å². The van der Waals surface area contributed by atoms with Gasteiger partial charge in [0, 0.05) is 11.4 Å².